The van der Waals surface area contributed by atoms with E-state index in [0.29, 0.717) is 35.6 Å². The smallest absolute Gasteiger partial charge is 0.322 e. The third-order valence-electron chi connectivity index (χ3n) is 4.68. The molecule has 146 valence electrons. The fraction of sp³-hybridized carbons (Fsp3) is 0.286. The number of nitrogens with one attached hydrogen (secondary N) is 1. The van der Waals surface area contributed by atoms with Gasteiger partial charge in [0.25, 0.3) is 5.56 Å². The van der Waals surface area contributed by atoms with Crippen LogP contribution in [-0.2, 0) is 11.8 Å². The zero-order chi connectivity index (χ0) is 20.1. The van der Waals surface area contributed by atoms with Gasteiger partial charge in [0, 0.05) is 26.4 Å². The Balaban J connectivity index is 1.96. The molecule has 3 rings (SSSR count). The summed E-state index contributed by atoms with van der Waals surface area (Å²) in [6.07, 6.45) is 0. The van der Waals surface area contributed by atoms with Crippen LogP contribution in [0.3, 0.4) is 0 Å². The number of rotatable bonds is 6. The number of aromatic nitrogens is 2. The second-order valence-corrected chi connectivity index (χ2v) is 6.51. The molecule has 28 heavy (non-hydrogen) atoms. The molecule has 2 aromatic carbocycles. The van der Waals surface area contributed by atoms with Crippen molar-refractivity contribution in [2.75, 3.05) is 25.6 Å². The monoisotopic (exact) mass is 380 g/mol. The maximum absolute atomic E-state index is 12.9. The molecule has 0 bridgehead atoms. The summed E-state index contributed by atoms with van der Waals surface area (Å²) < 4.78 is 6.67. The number of hydrogen-bond acceptors (Lipinski definition) is 4. The molecule has 1 aromatic heterocycles. The van der Waals surface area contributed by atoms with E-state index in [2.05, 4.69) is 10.3 Å². The number of nitrogens with zero attached hydrogens (tertiary/aromatic N) is 3. The van der Waals surface area contributed by atoms with Crippen LogP contribution in [0.4, 0.5) is 10.5 Å². The summed E-state index contributed by atoms with van der Waals surface area (Å²) in [7, 11) is 3.26. The average molecular weight is 380 g/mol. The van der Waals surface area contributed by atoms with Crippen molar-refractivity contribution in [2.45, 2.75) is 13.0 Å². The minimum absolute atomic E-state index is 0.136. The van der Waals surface area contributed by atoms with Crippen molar-refractivity contribution in [2.24, 2.45) is 7.05 Å². The molecule has 0 spiro atoms. The first-order chi connectivity index (χ1) is 13.5. The number of para-hydroxylation sites is 2. The number of anilines is 1. The molecule has 7 nitrogen and oxygen atoms in total. The van der Waals surface area contributed by atoms with Crippen molar-refractivity contribution in [1.29, 1.82) is 0 Å². The van der Waals surface area contributed by atoms with Crippen molar-refractivity contribution < 1.29 is 9.53 Å². The summed E-state index contributed by atoms with van der Waals surface area (Å²) in [6.45, 7) is 2.59. The highest BCUT2D eigenvalue weighted by Gasteiger charge is 2.25. The lowest BCUT2D eigenvalue weighted by atomic mass is 10.2. The van der Waals surface area contributed by atoms with Crippen LogP contribution in [0.2, 0.25) is 0 Å². The van der Waals surface area contributed by atoms with E-state index in [1.54, 1.807) is 31.2 Å². The van der Waals surface area contributed by atoms with Crippen molar-refractivity contribution in [1.82, 2.24) is 14.5 Å². The second-order valence-electron chi connectivity index (χ2n) is 6.51. The lowest BCUT2D eigenvalue weighted by molar-refractivity contribution is 0.136. The SMILES string of the molecule is COCCN(C(=O)Nc1ccccc1)C(C)c1nc2ccccc2c(=O)n1C. The zero-order valence-electron chi connectivity index (χ0n) is 16.3. The van der Waals surface area contributed by atoms with E-state index in [0.717, 1.165) is 0 Å². The normalized spacial score (nSPS) is 12.0. The molecule has 1 N–H and O–H groups in total. The number of ether oxygens (including phenoxy) is 1. The van der Waals surface area contributed by atoms with Gasteiger partial charge in [0.05, 0.1) is 23.6 Å². The standard InChI is InChI=1S/C21H24N4O3/c1-15(19-23-18-12-8-7-11-17(18)20(26)24(19)2)25(13-14-28-3)21(27)22-16-9-5-4-6-10-16/h4-12,15H,13-14H2,1-3H3,(H,22,27). The molecule has 0 radical (unpaired) electrons. The molecule has 0 aliphatic rings. The Bertz CT molecular complexity index is 1020. The number of methoxy groups -OCH3 is 1. The molecule has 0 fully saturated rings. The summed E-state index contributed by atoms with van der Waals surface area (Å²) in [5.41, 5.74) is 1.17. The molecule has 0 saturated heterocycles. The van der Waals surface area contributed by atoms with Gasteiger partial charge in [0.15, 0.2) is 0 Å². The van der Waals surface area contributed by atoms with Crippen LogP contribution in [-0.4, -0.2) is 40.7 Å². The zero-order valence-corrected chi connectivity index (χ0v) is 16.3. The van der Waals surface area contributed by atoms with E-state index in [-0.39, 0.29) is 11.6 Å². The Kier molecular flexibility index (Phi) is 6.06. The molecular weight excluding hydrogens is 356 g/mol. The molecule has 1 unspecified atom stereocenters. The van der Waals surface area contributed by atoms with Gasteiger partial charge in [-0.2, -0.15) is 0 Å². The number of amides is 2. The van der Waals surface area contributed by atoms with Gasteiger partial charge >= 0.3 is 6.03 Å². The Morgan fingerprint density at radius 1 is 1.18 bits per heavy atom. The van der Waals surface area contributed by atoms with Gasteiger partial charge < -0.3 is 15.0 Å². The number of fused-ring (bicyclic) bond motifs is 1. The Hall–Kier alpha value is -3.19. The molecule has 0 aliphatic carbocycles. The molecule has 2 amide bonds. The quantitative estimate of drug-likeness (QED) is 0.713. The van der Waals surface area contributed by atoms with Crippen molar-refractivity contribution >= 4 is 22.6 Å². The highest BCUT2D eigenvalue weighted by Crippen LogP contribution is 2.20. The van der Waals surface area contributed by atoms with Crippen LogP contribution in [0.15, 0.2) is 59.4 Å². The lowest BCUT2D eigenvalue weighted by Crippen LogP contribution is -2.41. The van der Waals surface area contributed by atoms with Crippen LogP contribution in [0.1, 0.15) is 18.8 Å². The molecular formula is C21H24N4O3. The van der Waals surface area contributed by atoms with Crippen LogP contribution >= 0.6 is 0 Å². The van der Waals surface area contributed by atoms with Gasteiger partial charge in [-0.15, -0.1) is 0 Å². The van der Waals surface area contributed by atoms with Gasteiger partial charge in [-0.1, -0.05) is 30.3 Å². The van der Waals surface area contributed by atoms with Crippen LogP contribution < -0.4 is 10.9 Å². The number of carbonyl (C=O) groups excluding carboxylic acids is 1. The minimum Gasteiger partial charge on any atom is -0.383 e. The van der Waals surface area contributed by atoms with Crippen LogP contribution in [0.25, 0.3) is 10.9 Å². The fourth-order valence-electron chi connectivity index (χ4n) is 3.13. The maximum atomic E-state index is 12.9. The molecule has 1 atom stereocenters. The summed E-state index contributed by atoms with van der Waals surface area (Å²) in [5.74, 6) is 0.517. The lowest BCUT2D eigenvalue weighted by Gasteiger charge is -2.29. The van der Waals surface area contributed by atoms with E-state index in [1.807, 2.05) is 49.4 Å². The molecule has 7 heteroatoms. The van der Waals surface area contributed by atoms with Gasteiger partial charge in [0.1, 0.15) is 5.82 Å². The number of carbonyl (C=O) groups is 1. The molecule has 1 heterocycles. The van der Waals surface area contributed by atoms with Gasteiger partial charge in [-0.05, 0) is 31.2 Å². The van der Waals surface area contributed by atoms with Gasteiger partial charge in [-0.3, -0.25) is 9.36 Å². The van der Waals surface area contributed by atoms with E-state index in [1.165, 1.54) is 4.57 Å². The Morgan fingerprint density at radius 3 is 2.57 bits per heavy atom. The molecule has 0 saturated carbocycles. The molecule has 3 aromatic rings. The fourth-order valence-corrected chi connectivity index (χ4v) is 3.13. The van der Waals surface area contributed by atoms with Crippen LogP contribution in [0, 0.1) is 0 Å². The number of hydrogen-bond donors (Lipinski definition) is 1. The number of urea groups is 1. The maximum Gasteiger partial charge on any atom is 0.322 e. The third-order valence-corrected chi connectivity index (χ3v) is 4.68. The highest BCUT2D eigenvalue weighted by molar-refractivity contribution is 5.89. The topological polar surface area (TPSA) is 76.5 Å². The summed E-state index contributed by atoms with van der Waals surface area (Å²) >= 11 is 0. The summed E-state index contributed by atoms with van der Waals surface area (Å²) in [5, 5.41) is 3.44. The number of benzene rings is 2. The van der Waals surface area contributed by atoms with Crippen molar-refractivity contribution in [3.63, 3.8) is 0 Å². The first-order valence-electron chi connectivity index (χ1n) is 9.10. The van der Waals surface area contributed by atoms with E-state index in [4.69, 9.17) is 4.74 Å². The minimum atomic E-state index is -0.429. The van der Waals surface area contributed by atoms with E-state index in [9.17, 15) is 9.59 Å². The van der Waals surface area contributed by atoms with Crippen molar-refractivity contribution in [3.05, 3.63) is 70.8 Å². The third kappa shape index (κ3) is 4.04. The summed E-state index contributed by atoms with van der Waals surface area (Å²) in [4.78, 5) is 31.9. The molecule has 0 aliphatic heterocycles. The average Bonchev–Trinajstić information content (AvgIpc) is 2.71. The second kappa shape index (κ2) is 8.67. The highest BCUT2D eigenvalue weighted by atomic mass is 16.5. The summed E-state index contributed by atoms with van der Waals surface area (Å²) in [6, 6.07) is 15.7. The van der Waals surface area contributed by atoms with Crippen LogP contribution in [0.5, 0.6) is 0 Å². The first-order valence-corrected chi connectivity index (χ1v) is 9.10. The Labute approximate surface area is 163 Å². The first kappa shape index (κ1) is 19.6. The predicted molar refractivity (Wildman–Crippen MR) is 109 cm³/mol. The van der Waals surface area contributed by atoms with Gasteiger partial charge in [0.2, 0.25) is 0 Å². The van der Waals surface area contributed by atoms with E-state index < -0.39 is 6.04 Å². The largest absolute Gasteiger partial charge is 0.383 e. The van der Waals surface area contributed by atoms with Gasteiger partial charge in [-0.25, -0.2) is 9.78 Å². The Morgan fingerprint density at radius 2 is 1.86 bits per heavy atom. The predicted octanol–water partition coefficient (Wildman–Crippen LogP) is 3.18. The van der Waals surface area contributed by atoms with Crippen molar-refractivity contribution in [3.8, 4) is 0 Å². The van der Waals surface area contributed by atoms with E-state index >= 15 is 0 Å².